The van der Waals surface area contributed by atoms with Crippen molar-refractivity contribution in [1.29, 1.82) is 0 Å². The Bertz CT molecular complexity index is 440. The first kappa shape index (κ1) is 13.0. The molecule has 1 aliphatic carbocycles. The third kappa shape index (κ3) is 4.41. The van der Waals surface area contributed by atoms with E-state index < -0.39 is 5.97 Å². The molecule has 0 spiro atoms. The van der Waals surface area contributed by atoms with Crippen molar-refractivity contribution < 1.29 is 14.7 Å². The van der Waals surface area contributed by atoms with Crippen LogP contribution in [0.1, 0.15) is 18.4 Å². The van der Waals surface area contributed by atoms with E-state index in [9.17, 15) is 9.59 Å². The van der Waals surface area contributed by atoms with Gasteiger partial charge in [-0.1, -0.05) is 12.1 Å². The topological polar surface area (TPSA) is 66.4 Å². The van der Waals surface area contributed by atoms with Gasteiger partial charge in [0.2, 0.25) is 5.91 Å². The standard InChI is InChI=1S/C13H15NO3S/c15-12(14-10-3-4-10)8-18-11-5-1-9(2-6-11)7-13(16)17/h1-2,5-6,10H,3-4,7-8H2,(H,14,15)(H,16,17). The number of nitrogens with one attached hydrogen (secondary N) is 1. The monoisotopic (exact) mass is 265 g/mol. The highest BCUT2D eigenvalue weighted by Crippen LogP contribution is 2.21. The number of benzene rings is 1. The predicted molar refractivity (Wildman–Crippen MR) is 69.7 cm³/mol. The molecule has 2 rings (SSSR count). The molecule has 1 aromatic rings. The molecule has 0 saturated heterocycles. The minimum atomic E-state index is -0.834. The molecule has 0 aromatic heterocycles. The predicted octanol–water partition coefficient (Wildman–Crippen LogP) is 1.68. The average Bonchev–Trinajstić information content (AvgIpc) is 3.11. The molecule has 0 atom stereocenters. The van der Waals surface area contributed by atoms with Crippen LogP contribution in [-0.2, 0) is 16.0 Å². The lowest BCUT2D eigenvalue weighted by molar-refractivity contribution is -0.136. The Hall–Kier alpha value is -1.49. The quantitative estimate of drug-likeness (QED) is 0.768. The van der Waals surface area contributed by atoms with E-state index in [1.54, 1.807) is 12.1 Å². The molecule has 0 heterocycles. The molecular weight excluding hydrogens is 250 g/mol. The molecule has 1 fully saturated rings. The second-order valence-corrected chi connectivity index (χ2v) is 5.39. The largest absolute Gasteiger partial charge is 0.481 e. The number of rotatable bonds is 6. The zero-order chi connectivity index (χ0) is 13.0. The molecule has 96 valence electrons. The summed E-state index contributed by atoms with van der Waals surface area (Å²) in [5.41, 5.74) is 0.772. The zero-order valence-corrected chi connectivity index (χ0v) is 10.7. The van der Waals surface area contributed by atoms with Crippen molar-refractivity contribution in [3.63, 3.8) is 0 Å². The van der Waals surface area contributed by atoms with E-state index in [1.807, 2.05) is 12.1 Å². The van der Waals surface area contributed by atoms with Gasteiger partial charge in [-0.2, -0.15) is 0 Å². The van der Waals surface area contributed by atoms with Gasteiger partial charge in [0.05, 0.1) is 12.2 Å². The molecule has 1 aromatic carbocycles. The summed E-state index contributed by atoms with van der Waals surface area (Å²) in [6.45, 7) is 0. The Morgan fingerprint density at radius 2 is 1.94 bits per heavy atom. The van der Waals surface area contributed by atoms with Gasteiger partial charge in [-0.15, -0.1) is 11.8 Å². The van der Waals surface area contributed by atoms with Crippen molar-refractivity contribution in [1.82, 2.24) is 5.32 Å². The zero-order valence-electron chi connectivity index (χ0n) is 9.89. The highest BCUT2D eigenvalue weighted by atomic mass is 32.2. The molecule has 1 aliphatic rings. The Balaban J connectivity index is 1.78. The van der Waals surface area contributed by atoms with Gasteiger partial charge in [-0.3, -0.25) is 9.59 Å². The van der Waals surface area contributed by atoms with Crippen LogP contribution in [0.3, 0.4) is 0 Å². The molecule has 0 unspecified atom stereocenters. The first-order valence-electron chi connectivity index (χ1n) is 5.86. The first-order chi connectivity index (χ1) is 8.63. The number of aliphatic carboxylic acids is 1. The Morgan fingerprint density at radius 3 is 2.50 bits per heavy atom. The highest BCUT2D eigenvalue weighted by molar-refractivity contribution is 8.00. The van der Waals surface area contributed by atoms with E-state index in [0.29, 0.717) is 11.8 Å². The lowest BCUT2D eigenvalue weighted by atomic mass is 10.2. The molecular formula is C13H15NO3S. The van der Waals surface area contributed by atoms with E-state index in [-0.39, 0.29) is 12.3 Å². The van der Waals surface area contributed by atoms with Crippen LogP contribution in [0.15, 0.2) is 29.2 Å². The highest BCUT2D eigenvalue weighted by Gasteiger charge is 2.22. The molecule has 0 bridgehead atoms. The number of carbonyl (C=O) groups excluding carboxylic acids is 1. The smallest absolute Gasteiger partial charge is 0.307 e. The van der Waals surface area contributed by atoms with E-state index in [2.05, 4.69) is 5.32 Å². The van der Waals surface area contributed by atoms with Gasteiger partial charge in [0.25, 0.3) is 0 Å². The molecule has 1 amide bonds. The number of hydrogen-bond acceptors (Lipinski definition) is 3. The summed E-state index contributed by atoms with van der Waals surface area (Å²) in [7, 11) is 0. The van der Waals surface area contributed by atoms with Gasteiger partial charge in [0, 0.05) is 10.9 Å². The number of carboxylic acid groups (broad SMARTS) is 1. The maximum atomic E-state index is 11.5. The number of hydrogen-bond donors (Lipinski definition) is 2. The average molecular weight is 265 g/mol. The summed E-state index contributed by atoms with van der Waals surface area (Å²) >= 11 is 1.47. The van der Waals surface area contributed by atoms with Gasteiger partial charge in [-0.05, 0) is 30.5 Å². The Morgan fingerprint density at radius 1 is 1.28 bits per heavy atom. The fourth-order valence-corrected chi connectivity index (χ4v) is 2.23. The van der Waals surface area contributed by atoms with Crippen molar-refractivity contribution >= 4 is 23.6 Å². The minimum absolute atomic E-state index is 0.0348. The van der Waals surface area contributed by atoms with E-state index in [1.165, 1.54) is 11.8 Å². The minimum Gasteiger partial charge on any atom is -0.481 e. The molecule has 1 saturated carbocycles. The fourth-order valence-electron chi connectivity index (χ4n) is 1.52. The number of amides is 1. The molecule has 5 heteroatoms. The van der Waals surface area contributed by atoms with Gasteiger partial charge < -0.3 is 10.4 Å². The summed E-state index contributed by atoms with van der Waals surface area (Å²) in [5, 5.41) is 11.6. The van der Waals surface area contributed by atoms with Crippen LogP contribution in [0.4, 0.5) is 0 Å². The van der Waals surface area contributed by atoms with Crippen molar-refractivity contribution in [3.05, 3.63) is 29.8 Å². The Labute approximate surface area is 110 Å². The number of carboxylic acids is 1. The maximum absolute atomic E-state index is 11.5. The van der Waals surface area contributed by atoms with Gasteiger partial charge in [0.15, 0.2) is 0 Å². The van der Waals surface area contributed by atoms with E-state index >= 15 is 0 Å². The lowest BCUT2D eigenvalue weighted by Gasteiger charge is -2.04. The SMILES string of the molecule is O=C(O)Cc1ccc(SCC(=O)NC2CC2)cc1. The van der Waals surface area contributed by atoms with Crippen LogP contribution in [0.2, 0.25) is 0 Å². The molecule has 0 aliphatic heterocycles. The van der Waals surface area contributed by atoms with Gasteiger partial charge in [-0.25, -0.2) is 0 Å². The van der Waals surface area contributed by atoms with Gasteiger partial charge >= 0.3 is 5.97 Å². The molecule has 2 N–H and O–H groups in total. The van der Waals surface area contributed by atoms with Crippen molar-refractivity contribution in [2.24, 2.45) is 0 Å². The maximum Gasteiger partial charge on any atom is 0.307 e. The van der Waals surface area contributed by atoms with Crippen LogP contribution in [0, 0.1) is 0 Å². The van der Waals surface area contributed by atoms with Crippen LogP contribution in [0.5, 0.6) is 0 Å². The van der Waals surface area contributed by atoms with Crippen molar-refractivity contribution in [2.45, 2.75) is 30.2 Å². The van der Waals surface area contributed by atoms with E-state index in [4.69, 9.17) is 5.11 Å². The van der Waals surface area contributed by atoms with Crippen LogP contribution >= 0.6 is 11.8 Å². The number of thioether (sulfide) groups is 1. The summed E-state index contributed by atoms with van der Waals surface area (Å²) in [6, 6.07) is 7.68. The summed E-state index contributed by atoms with van der Waals surface area (Å²) in [6.07, 6.45) is 2.23. The van der Waals surface area contributed by atoms with Crippen LogP contribution in [0.25, 0.3) is 0 Å². The number of carbonyl (C=O) groups is 2. The molecule has 0 radical (unpaired) electrons. The summed E-state index contributed by atoms with van der Waals surface area (Å²) < 4.78 is 0. The lowest BCUT2D eigenvalue weighted by Crippen LogP contribution is -2.26. The second kappa shape index (κ2) is 5.91. The third-order valence-corrected chi connectivity index (χ3v) is 3.60. The summed E-state index contributed by atoms with van der Waals surface area (Å²) in [4.78, 5) is 23.0. The molecule has 18 heavy (non-hydrogen) atoms. The fraction of sp³-hybridized carbons (Fsp3) is 0.385. The summed E-state index contributed by atoms with van der Waals surface area (Å²) in [5.74, 6) is -0.356. The Kier molecular flexibility index (Phi) is 4.25. The van der Waals surface area contributed by atoms with E-state index in [0.717, 1.165) is 23.3 Å². The van der Waals surface area contributed by atoms with Crippen molar-refractivity contribution in [2.75, 3.05) is 5.75 Å². The van der Waals surface area contributed by atoms with Crippen LogP contribution < -0.4 is 5.32 Å². The van der Waals surface area contributed by atoms with Crippen LogP contribution in [-0.4, -0.2) is 28.8 Å². The van der Waals surface area contributed by atoms with Crippen molar-refractivity contribution in [3.8, 4) is 0 Å². The first-order valence-corrected chi connectivity index (χ1v) is 6.85. The van der Waals surface area contributed by atoms with Gasteiger partial charge in [0.1, 0.15) is 0 Å². The third-order valence-electron chi connectivity index (χ3n) is 2.59. The normalized spacial score (nSPS) is 14.2. The molecule has 4 nitrogen and oxygen atoms in total. The second-order valence-electron chi connectivity index (χ2n) is 4.34.